The zero-order valence-electron chi connectivity index (χ0n) is 19.5. The SMILES string of the molecule is CC(C)(F)[C@H](c1cccc(C#N)c1)C1CN([C@@H](c2ccc(C#N)cc2)c2cc(F)cc(C#N)c2)C1. The van der Waals surface area contributed by atoms with Crippen LogP contribution in [-0.2, 0) is 0 Å². The Balaban J connectivity index is 1.68. The van der Waals surface area contributed by atoms with Gasteiger partial charge >= 0.3 is 0 Å². The van der Waals surface area contributed by atoms with Crippen molar-refractivity contribution in [1.82, 2.24) is 4.90 Å². The maximum Gasteiger partial charge on any atom is 0.124 e. The molecule has 0 unspecified atom stereocenters. The standard InChI is InChI=1S/C29H24F2N4/c1-29(2,31)27(23-5-3-4-20(10-23)15-33)25-17-35(18-25)28(22-8-6-19(14-32)7-9-22)24-11-21(16-34)12-26(30)13-24/h3-13,25,27-28H,17-18H2,1-2H3/t27-,28+/m1/s1. The van der Waals surface area contributed by atoms with Crippen LogP contribution in [0.1, 0.15) is 59.2 Å². The summed E-state index contributed by atoms with van der Waals surface area (Å²) in [5.41, 5.74) is 2.00. The topological polar surface area (TPSA) is 74.6 Å². The summed E-state index contributed by atoms with van der Waals surface area (Å²) in [7, 11) is 0. The Bertz CT molecular complexity index is 1350. The molecule has 0 spiro atoms. The van der Waals surface area contributed by atoms with Crippen molar-refractivity contribution in [2.75, 3.05) is 13.1 Å². The average Bonchev–Trinajstić information content (AvgIpc) is 2.81. The summed E-state index contributed by atoms with van der Waals surface area (Å²) >= 11 is 0. The van der Waals surface area contributed by atoms with Crippen LogP contribution in [-0.4, -0.2) is 23.7 Å². The van der Waals surface area contributed by atoms with Gasteiger partial charge in [0.1, 0.15) is 11.5 Å². The summed E-state index contributed by atoms with van der Waals surface area (Å²) in [6.45, 7) is 4.22. The van der Waals surface area contributed by atoms with Gasteiger partial charge in [0.05, 0.1) is 40.9 Å². The van der Waals surface area contributed by atoms with Crippen molar-refractivity contribution in [3.8, 4) is 18.2 Å². The third kappa shape index (κ3) is 5.07. The van der Waals surface area contributed by atoms with Crippen LogP contribution < -0.4 is 0 Å². The molecule has 0 saturated carbocycles. The van der Waals surface area contributed by atoms with Crippen molar-refractivity contribution in [2.24, 2.45) is 5.92 Å². The molecule has 0 amide bonds. The van der Waals surface area contributed by atoms with E-state index < -0.39 is 17.4 Å². The van der Waals surface area contributed by atoms with Gasteiger partial charge in [-0.05, 0) is 78.9 Å². The Morgan fingerprint density at radius 3 is 2.03 bits per heavy atom. The van der Waals surface area contributed by atoms with E-state index in [9.17, 15) is 20.2 Å². The highest BCUT2D eigenvalue weighted by Gasteiger charge is 2.45. The molecule has 0 aliphatic carbocycles. The lowest BCUT2D eigenvalue weighted by Crippen LogP contribution is -2.53. The Kier molecular flexibility index (Phi) is 6.65. The van der Waals surface area contributed by atoms with Gasteiger partial charge in [-0.2, -0.15) is 15.8 Å². The van der Waals surface area contributed by atoms with E-state index in [1.165, 1.54) is 12.1 Å². The van der Waals surface area contributed by atoms with Crippen molar-refractivity contribution in [2.45, 2.75) is 31.5 Å². The summed E-state index contributed by atoms with van der Waals surface area (Å²) in [5, 5.41) is 27.8. The predicted octanol–water partition coefficient (Wildman–Crippen LogP) is 5.99. The van der Waals surface area contributed by atoms with Crippen LogP contribution in [0, 0.1) is 45.7 Å². The van der Waals surface area contributed by atoms with Gasteiger partial charge < -0.3 is 0 Å². The Labute approximate surface area is 204 Å². The third-order valence-electron chi connectivity index (χ3n) is 6.61. The number of benzene rings is 3. The molecule has 6 heteroatoms. The van der Waals surface area contributed by atoms with Crippen LogP contribution >= 0.6 is 0 Å². The van der Waals surface area contributed by atoms with Gasteiger partial charge in [0, 0.05) is 19.0 Å². The second-order valence-electron chi connectivity index (χ2n) is 9.51. The molecule has 0 N–H and O–H groups in total. The van der Waals surface area contributed by atoms with Gasteiger partial charge in [-0.15, -0.1) is 0 Å². The number of rotatable bonds is 6. The molecule has 3 aromatic rings. The van der Waals surface area contributed by atoms with E-state index in [1.807, 2.05) is 24.3 Å². The zero-order chi connectivity index (χ0) is 25.2. The third-order valence-corrected chi connectivity index (χ3v) is 6.61. The maximum absolute atomic E-state index is 15.4. The molecule has 1 aliphatic heterocycles. The molecular weight excluding hydrogens is 442 g/mol. The maximum atomic E-state index is 15.4. The first-order chi connectivity index (χ1) is 16.7. The molecule has 1 heterocycles. The van der Waals surface area contributed by atoms with E-state index >= 15 is 4.39 Å². The van der Waals surface area contributed by atoms with E-state index in [4.69, 9.17) is 0 Å². The zero-order valence-corrected chi connectivity index (χ0v) is 19.5. The summed E-state index contributed by atoms with van der Waals surface area (Å²) in [6.07, 6.45) is 0. The van der Waals surface area contributed by atoms with Crippen LogP contribution in [0.25, 0.3) is 0 Å². The molecular formula is C29H24F2N4. The fraction of sp³-hybridized carbons (Fsp3) is 0.276. The normalized spacial score (nSPS) is 15.8. The number of halogens is 2. The fourth-order valence-corrected chi connectivity index (χ4v) is 5.19. The number of nitriles is 3. The predicted molar refractivity (Wildman–Crippen MR) is 128 cm³/mol. The summed E-state index contributed by atoms with van der Waals surface area (Å²) in [5.74, 6) is -0.935. The lowest BCUT2D eigenvalue weighted by atomic mass is 9.72. The Morgan fingerprint density at radius 2 is 1.43 bits per heavy atom. The van der Waals surface area contributed by atoms with Crippen molar-refractivity contribution >= 4 is 0 Å². The lowest BCUT2D eigenvalue weighted by molar-refractivity contribution is 0.00814. The fourth-order valence-electron chi connectivity index (χ4n) is 5.19. The van der Waals surface area contributed by atoms with E-state index in [1.54, 1.807) is 50.2 Å². The molecule has 4 rings (SSSR count). The highest BCUT2D eigenvalue weighted by Crippen LogP contribution is 2.45. The van der Waals surface area contributed by atoms with E-state index in [-0.39, 0.29) is 17.5 Å². The van der Waals surface area contributed by atoms with Crippen molar-refractivity contribution in [3.63, 3.8) is 0 Å². The molecule has 1 saturated heterocycles. The molecule has 0 aromatic heterocycles. The first-order valence-corrected chi connectivity index (χ1v) is 11.4. The van der Waals surface area contributed by atoms with Crippen molar-refractivity contribution in [3.05, 3.63) is 106 Å². The number of nitrogens with zero attached hydrogens (tertiary/aromatic N) is 4. The number of likely N-dealkylation sites (tertiary alicyclic amines) is 1. The monoisotopic (exact) mass is 466 g/mol. The molecule has 4 nitrogen and oxygen atoms in total. The van der Waals surface area contributed by atoms with Gasteiger partial charge in [0.15, 0.2) is 0 Å². The van der Waals surface area contributed by atoms with Crippen LogP contribution in [0.5, 0.6) is 0 Å². The van der Waals surface area contributed by atoms with E-state index in [0.717, 1.165) is 11.1 Å². The van der Waals surface area contributed by atoms with Gasteiger partial charge in [-0.25, -0.2) is 8.78 Å². The largest absolute Gasteiger partial charge is 0.292 e. The number of alkyl halides is 1. The highest BCUT2D eigenvalue weighted by atomic mass is 19.1. The van der Waals surface area contributed by atoms with Crippen molar-refractivity contribution in [1.29, 1.82) is 15.8 Å². The van der Waals surface area contributed by atoms with Gasteiger partial charge in [-0.1, -0.05) is 24.3 Å². The molecule has 1 aliphatic rings. The minimum Gasteiger partial charge on any atom is -0.292 e. The van der Waals surface area contributed by atoms with Crippen LogP contribution in [0.3, 0.4) is 0 Å². The van der Waals surface area contributed by atoms with Gasteiger partial charge in [0.2, 0.25) is 0 Å². The van der Waals surface area contributed by atoms with E-state index in [2.05, 4.69) is 17.0 Å². The molecule has 35 heavy (non-hydrogen) atoms. The number of hydrogen-bond donors (Lipinski definition) is 0. The number of hydrogen-bond acceptors (Lipinski definition) is 4. The summed E-state index contributed by atoms with van der Waals surface area (Å²) < 4.78 is 29.8. The van der Waals surface area contributed by atoms with E-state index in [0.29, 0.717) is 29.8 Å². The second-order valence-corrected chi connectivity index (χ2v) is 9.51. The smallest absolute Gasteiger partial charge is 0.124 e. The molecule has 3 aromatic carbocycles. The molecule has 174 valence electrons. The Morgan fingerprint density at radius 1 is 0.800 bits per heavy atom. The first-order valence-electron chi connectivity index (χ1n) is 11.4. The van der Waals surface area contributed by atoms with Gasteiger partial charge in [0.25, 0.3) is 0 Å². The lowest BCUT2D eigenvalue weighted by Gasteiger charge is -2.50. The molecule has 0 radical (unpaired) electrons. The molecule has 2 atom stereocenters. The summed E-state index contributed by atoms with van der Waals surface area (Å²) in [4.78, 5) is 2.13. The Hall–Kier alpha value is -4.05. The minimum absolute atomic E-state index is 0.0196. The second kappa shape index (κ2) is 9.67. The van der Waals surface area contributed by atoms with Crippen LogP contribution in [0.2, 0.25) is 0 Å². The summed E-state index contributed by atoms with van der Waals surface area (Å²) in [6, 6.07) is 24.4. The average molecular weight is 467 g/mol. The van der Waals surface area contributed by atoms with Crippen LogP contribution in [0.4, 0.5) is 8.78 Å². The molecule has 1 fully saturated rings. The van der Waals surface area contributed by atoms with Gasteiger partial charge in [-0.3, -0.25) is 4.90 Å². The van der Waals surface area contributed by atoms with Crippen molar-refractivity contribution < 1.29 is 8.78 Å². The van der Waals surface area contributed by atoms with Crippen LogP contribution in [0.15, 0.2) is 66.7 Å². The molecule has 0 bridgehead atoms. The quantitative estimate of drug-likeness (QED) is 0.447. The minimum atomic E-state index is -1.51. The highest BCUT2D eigenvalue weighted by molar-refractivity contribution is 5.42. The first kappa shape index (κ1) is 24.1.